The van der Waals surface area contributed by atoms with Gasteiger partial charge in [-0.05, 0) is 79.8 Å². The van der Waals surface area contributed by atoms with Crippen LogP contribution in [-0.4, -0.2) is 58.5 Å². The third-order valence-electron chi connectivity index (χ3n) is 7.66. The van der Waals surface area contributed by atoms with Gasteiger partial charge in [0.15, 0.2) is 5.78 Å². The molecule has 2 N–H and O–H groups in total. The molecule has 0 bridgehead atoms. The summed E-state index contributed by atoms with van der Waals surface area (Å²) < 4.78 is 32.5. The Morgan fingerprint density at radius 2 is 1.26 bits per heavy atom. The summed E-state index contributed by atoms with van der Waals surface area (Å²) in [6.45, 7) is 3.55. The molecule has 13 heteroatoms. The highest BCUT2D eigenvalue weighted by atomic mass is 31.2. The third-order valence-corrected chi connectivity index (χ3v) is 9.86. The van der Waals surface area contributed by atoms with E-state index in [9.17, 15) is 23.7 Å². The minimum Gasteiger partial charge on any atom is -0.445 e. The van der Waals surface area contributed by atoms with E-state index in [1.165, 1.54) is 23.6 Å². The SMILES string of the molecule is CC(=O)Nc1ccc(OP(=O)(Oc2ccc(NC(C)=O)cc2)C2CCCN2C(=O)[C@@H]2CCCN2C(=O)OCc2ccccc2)cc1. The summed E-state index contributed by atoms with van der Waals surface area (Å²) in [4.78, 5) is 53.0. The number of nitrogens with zero attached hydrogens (tertiary/aromatic N) is 2. The first-order valence-corrected chi connectivity index (χ1v) is 16.7. The quantitative estimate of drug-likeness (QED) is 0.255. The molecule has 3 aromatic carbocycles. The van der Waals surface area contributed by atoms with Crippen molar-refractivity contribution >= 4 is 42.8 Å². The fourth-order valence-electron chi connectivity index (χ4n) is 5.61. The van der Waals surface area contributed by atoms with Gasteiger partial charge in [0, 0.05) is 38.3 Å². The van der Waals surface area contributed by atoms with E-state index in [2.05, 4.69) is 10.6 Å². The lowest BCUT2D eigenvalue weighted by Gasteiger charge is -2.34. The standard InChI is InChI=1S/C33H37N4O8P/c1-23(38)34-26-12-16-28(17-13-26)44-46(42,45-29-18-14-27(15-19-29)35-24(2)39)31-11-7-21-37(31)32(40)30-10-6-20-36(30)33(41)43-22-25-8-4-3-5-9-25/h3-5,8-9,12-19,30-31H,6-7,10-11,20-22H2,1-2H3,(H,34,38)(H,35,39)/t30-,31?/m0/s1. The highest BCUT2D eigenvalue weighted by Crippen LogP contribution is 2.57. The number of likely N-dealkylation sites (tertiary alicyclic amines) is 2. The van der Waals surface area contributed by atoms with Crippen LogP contribution in [0.15, 0.2) is 78.9 Å². The van der Waals surface area contributed by atoms with Crippen molar-refractivity contribution in [2.24, 2.45) is 0 Å². The molecule has 2 atom stereocenters. The Labute approximate surface area is 267 Å². The first-order chi connectivity index (χ1) is 22.1. The van der Waals surface area contributed by atoms with E-state index in [0.717, 1.165) is 5.56 Å². The predicted octanol–water partition coefficient (Wildman–Crippen LogP) is 6.00. The van der Waals surface area contributed by atoms with Crippen molar-refractivity contribution < 1.29 is 37.5 Å². The monoisotopic (exact) mass is 648 g/mol. The number of benzene rings is 3. The van der Waals surface area contributed by atoms with E-state index in [0.29, 0.717) is 50.1 Å². The van der Waals surface area contributed by atoms with Gasteiger partial charge in [0.2, 0.25) is 17.7 Å². The third kappa shape index (κ3) is 8.06. The molecular weight excluding hydrogens is 611 g/mol. The summed E-state index contributed by atoms with van der Waals surface area (Å²) in [5.74, 6) is -1.32. The van der Waals surface area contributed by atoms with Crippen LogP contribution in [0.1, 0.15) is 45.1 Å². The lowest BCUT2D eigenvalue weighted by atomic mass is 10.2. The first kappa shape index (κ1) is 32.6. The van der Waals surface area contributed by atoms with E-state index in [-0.39, 0.29) is 35.8 Å². The molecule has 2 heterocycles. The zero-order chi connectivity index (χ0) is 32.7. The lowest BCUT2D eigenvalue weighted by molar-refractivity contribution is -0.135. The van der Waals surface area contributed by atoms with Crippen LogP contribution in [0.2, 0.25) is 0 Å². The number of rotatable bonds is 10. The highest BCUT2D eigenvalue weighted by Gasteiger charge is 2.50. The minimum absolute atomic E-state index is 0.0851. The molecule has 0 saturated carbocycles. The largest absolute Gasteiger partial charge is 0.453 e. The molecule has 0 aromatic heterocycles. The van der Waals surface area contributed by atoms with Gasteiger partial charge in [0.1, 0.15) is 24.1 Å². The van der Waals surface area contributed by atoms with Gasteiger partial charge in [-0.15, -0.1) is 0 Å². The van der Waals surface area contributed by atoms with Gasteiger partial charge in [-0.2, -0.15) is 0 Å². The van der Waals surface area contributed by atoms with Crippen molar-refractivity contribution in [1.29, 1.82) is 0 Å². The molecule has 2 fully saturated rings. The zero-order valence-corrected chi connectivity index (χ0v) is 26.6. The summed E-state index contributed by atoms with van der Waals surface area (Å²) in [6.07, 6.45) is 1.40. The van der Waals surface area contributed by atoms with Gasteiger partial charge in [0.05, 0.1) is 0 Å². The van der Waals surface area contributed by atoms with E-state index in [1.54, 1.807) is 48.5 Å². The Morgan fingerprint density at radius 3 is 1.80 bits per heavy atom. The fraction of sp³-hybridized carbons (Fsp3) is 0.333. The van der Waals surface area contributed by atoms with Crippen molar-refractivity contribution in [2.75, 3.05) is 23.7 Å². The topological polar surface area (TPSA) is 144 Å². The molecule has 0 spiro atoms. The molecular formula is C33H37N4O8P. The van der Waals surface area contributed by atoms with Crippen LogP contribution in [-0.2, 0) is 30.3 Å². The molecule has 2 aliphatic rings. The van der Waals surface area contributed by atoms with E-state index < -0.39 is 25.5 Å². The lowest BCUT2D eigenvalue weighted by Crippen LogP contribution is -2.49. The second-order valence-electron chi connectivity index (χ2n) is 11.2. The molecule has 2 saturated heterocycles. The Hall–Kier alpha value is -4.83. The van der Waals surface area contributed by atoms with Gasteiger partial charge in [-0.3, -0.25) is 19.3 Å². The van der Waals surface area contributed by atoms with Crippen molar-refractivity contribution in [2.45, 2.75) is 58.0 Å². The van der Waals surface area contributed by atoms with Crippen LogP contribution in [0, 0.1) is 0 Å². The molecule has 5 rings (SSSR count). The van der Waals surface area contributed by atoms with Crippen LogP contribution in [0.5, 0.6) is 11.5 Å². The smallest absolute Gasteiger partial charge is 0.445 e. The fourth-order valence-corrected chi connectivity index (χ4v) is 7.79. The zero-order valence-electron chi connectivity index (χ0n) is 25.7. The average Bonchev–Trinajstić information content (AvgIpc) is 3.73. The normalized spacial score (nSPS) is 17.7. The Bertz CT molecular complexity index is 1530. The molecule has 46 heavy (non-hydrogen) atoms. The molecule has 0 aliphatic carbocycles. The summed E-state index contributed by atoms with van der Waals surface area (Å²) in [5.41, 5.74) is 1.90. The van der Waals surface area contributed by atoms with Crippen LogP contribution < -0.4 is 19.7 Å². The number of anilines is 2. The Balaban J connectivity index is 1.37. The number of hydrogen-bond acceptors (Lipinski definition) is 8. The van der Waals surface area contributed by atoms with Crippen LogP contribution in [0.25, 0.3) is 0 Å². The number of carbonyl (C=O) groups excluding carboxylic acids is 4. The first-order valence-electron chi connectivity index (χ1n) is 15.1. The molecule has 0 radical (unpaired) electrons. The second kappa shape index (κ2) is 14.5. The van der Waals surface area contributed by atoms with Gasteiger partial charge in [0.25, 0.3) is 0 Å². The maximum atomic E-state index is 14.8. The second-order valence-corrected chi connectivity index (χ2v) is 13.2. The van der Waals surface area contributed by atoms with Crippen LogP contribution in [0.3, 0.4) is 0 Å². The maximum absolute atomic E-state index is 14.8. The summed E-state index contributed by atoms with van der Waals surface area (Å²) in [7, 11) is -4.15. The minimum atomic E-state index is -4.15. The van der Waals surface area contributed by atoms with Crippen molar-refractivity contribution in [3.63, 3.8) is 0 Å². The van der Waals surface area contributed by atoms with Crippen molar-refractivity contribution in [1.82, 2.24) is 9.80 Å². The van der Waals surface area contributed by atoms with Crippen LogP contribution in [0.4, 0.5) is 16.2 Å². The molecule has 4 amide bonds. The van der Waals surface area contributed by atoms with Gasteiger partial charge in [-0.25, -0.2) is 9.36 Å². The van der Waals surface area contributed by atoms with Crippen LogP contribution >= 0.6 is 7.60 Å². The number of nitrogens with one attached hydrogen (secondary N) is 2. The summed E-state index contributed by atoms with van der Waals surface area (Å²) in [6, 6.07) is 21.2. The molecule has 12 nitrogen and oxygen atoms in total. The van der Waals surface area contributed by atoms with E-state index >= 15 is 0 Å². The number of hydrogen-bond donors (Lipinski definition) is 2. The van der Waals surface area contributed by atoms with Crippen molar-refractivity contribution in [3.05, 3.63) is 84.4 Å². The number of carbonyl (C=O) groups is 4. The molecule has 2 aliphatic heterocycles. The maximum Gasteiger partial charge on any atom is 0.453 e. The molecule has 1 unspecified atom stereocenters. The summed E-state index contributed by atoms with van der Waals surface area (Å²) in [5, 5.41) is 5.35. The molecule has 3 aromatic rings. The number of ether oxygens (including phenoxy) is 1. The van der Waals surface area contributed by atoms with E-state index in [1.807, 2.05) is 30.3 Å². The van der Waals surface area contributed by atoms with Gasteiger partial charge >= 0.3 is 13.7 Å². The molecule has 242 valence electrons. The Kier molecular flexibility index (Phi) is 10.3. The average molecular weight is 649 g/mol. The van der Waals surface area contributed by atoms with E-state index in [4.69, 9.17) is 13.8 Å². The number of amides is 4. The van der Waals surface area contributed by atoms with Crippen molar-refractivity contribution in [3.8, 4) is 11.5 Å². The Morgan fingerprint density at radius 1 is 0.739 bits per heavy atom. The van der Waals surface area contributed by atoms with Gasteiger partial charge in [-0.1, -0.05) is 30.3 Å². The summed E-state index contributed by atoms with van der Waals surface area (Å²) >= 11 is 0. The van der Waals surface area contributed by atoms with Gasteiger partial charge < -0.3 is 29.3 Å². The predicted molar refractivity (Wildman–Crippen MR) is 171 cm³/mol. The highest BCUT2D eigenvalue weighted by molar-refractivity contribution is 7.55.